The van der Waals surface area contributed by atoms with Crippen molar-refractivity contribution in [3.8, 4) is 11.5 Å². The quantitative estimate of drug-likeness (QED) is 0.761. The molecule has 0 aromatic heterocycles. The van der Waals surface area contributed by atoms with Crippen molar-refractivity contribution in [3.63, 3.8) is 0 Å². The SMILES string of the molecule is COc1ccc(OC(F)F)c(NC(C)CCC(C)C)c1. The number of alkyl halides is 2. The van der Waals surface area contributed by atoms with E-state index in [1.165, 1.54) is 13.2 Å². The number of nitrogens with one attached hydrogen (secondary N) is 1. The van der Waals surface area contributed by atoms with Gasteiger partial charge in [0.25, 0.3) is 0 Å². The Morgan fingerprint density at radius 1 is 1.15 bits per heavy atom. The van der Waals surface area contributed by atoms with Crippen molar-refractivity contribution in [2.45, 2.75) is 46.3 Å². The van der Waals surface area contributed by atoms with Gasteiger partial charge < -0.3 is 14.8 Å². The van der Waals surface area contributed by atoms with Gasteiger partial charge in [-0.25, -0.2) is 0 Å². The molecule has 1 N–H and O–H groups in total. The Hall–Kier alpha value is -1.52. The minimum Gasteiger partial charge on any atom is -0.497 e. The molecule has 0 fully saturated rings. The summed E-state index contributed by atoms with van der Waals surface area (Å²) < 4.78 is 34.4. The largest absolute Gasteiger partial charge is 0.497 e. The van der Waals surface area contributed by atoms with Crippen LogP contribution in [0.15, 0.2) is 18.2 Å². The molecule has 20 heavy (non-hydrogen) atoms. The lowest BCUT2D eigenvalue weighted by Gasteiger charge is -2.19. The minimum atomic E-state index is -2.84. The van der Waals surface area contributed by atoms with Gasteiger partial charge in [-0.05, 0) is 37.8 Å². The van der Waals surface area contributed by atoms with E-state index in [1.807, 2.05) is 6.92 Å². The fourth-order valence-electron chi connectivity index (χ4n) is 1.87. The summed E-state index contributed by atoms with van der Waals surface area (Å²) in [6.45, 7) is 3.50. The maximum atomic E-state index is 12.4. The number of hydrogen-bond acceptors (Lipinski definition) is 3. The first-order valence-electron chi connectivity index (χ1n) is 6.81. The van der Waals surface area contributed by atoms with E-state index in [1.54, 1.807) is 12.1 Å². The van der Waals surface area contributed by atoms with Gasteiger partial charge in [-0.2, -0.15) is 8.78 Å². The van der Waals surface area contributed by atoms with E-state index in [4.69, 9.17) is 4.74 Å². The molecular weight excluding hydrogens is 264 g/mol. The average Bonchev–Trinajstić information content (AvgIpc) is 2.38. The van der Waals surface area contributed by atoms with E-state index in [0.717, 1.165) is 12.8 Å². The summed E-state index contributed by atoms with van der Waals surface area (Å²) in [5.41, 5.74) is 0.529. The monoisotopic (exact) mass is 287 g/mol. The first-order chi connectivity index (χ1) is 9.42. The van der Waals surface area contributed by atoms with Gasteiger partial charge in [-0.3, -0.25) is 0 Å². The molecule has 1 unspecified atom stereocenters. The number of hydrogen-bond donors (Lipinski definition) is 1. The van der Waals surface area contributed by atoms with Crippen LogP contribution in [0.3, 0.4) is 0 Å². The predicted octanol–water partition coefficient (Wildman–Crippen LogP) is 4.53. The number of halogens is 2. The van der Waals surface area contributed by atoms with Crippen LogP contribution in [0.4, 0.5) is 14.5 Å². The fraction of sp³-hybridized carbons (Fsp3) is 0.600. The molecule has 0 bridgehead atoms. The van der Waals surface area contributed by atoms with E-state index in [0.29, 0.717) is 17.4 Å². The molecule has 0 saturated carbocycles. The van der Waals surface area contributed by atoms with Crippen LogP contribution >= 0.6 is 0 Å². The molecule has 0 heterocycles. The number of methoxy groups -OCH3 is 1. The predicted molar refractivity (Wildman–Crippen MR) is 76.8 cm³/mol. The van der Waals surface area contributed by atoms with Crippen molar-refractivity contribution in [1.29, 1.82) is 0 Å². The summed E-state index contributed by atoms with van der Waals surface area (Å²) in [6.07, 6.45) is 2.03. The lowest BCUT2D eigenvalue weighted by molar-refractivity contribution is -0.0494. The summed E-state index contributed by atoms with van der Waals surface area (Å²) in [5, 5.41) is 3.21. The van der Waals surface area contributed by atoms with Crippen molar-refractivity contribution >= 4 is 5.69 Å². The number of benzene rings is 1. The number of rotatable bonds is 8. The first kappa shape index (κ1) is 16.5. The highest BCUT2D eigenvalue weighted by atomic mass is 19.3. The Bertz CT molecular complexity index is 411. The maximum absolute atomic E-state index is 12.4. The van der Waals surface area contributed by atoms with Gasteiger partial charge in [0.1, 0.15) is 11.5 Å². The minimum absolute atomic E-state index is 0.136. The van der Waals surface area contributed by atoms with Crippen LogP contribution in [0.2, 0.25) is 0 Å². The third-order valence-electron chi connectivity index (χ3n) is 2.98. The normalized spacial score (nSPS) is 12.6. The summed E-state index contributed by atoms with van der Waals surface area (Å²) in [4.78, 5) is 0. The van der Waals surface area contributed by atoms with E-state index in [2.05, 4.69) is 23.9 Å². The molecule has 1 aromatic carbocycles. The molecule has 1 aromatic rings. The highest BCUT2D eigenvalue weighted by Crippen LogP contribution is 2.31. The third kappa shape index (κ3) is 5.63. The van der Waals surface area contributed by atoms with E-state index < -0.39 is 6.61 Å². The maximum Gasteiger partial charge on any atom is 0.387 e. The molecule has 5 heteroatoms. The van der Waals surface area contributed by atoms with Gasteiger partial charge in [0.15, 0.2) is 0 Å². The van der Waals surface area contributed by atoms with Gasteiger partial charge in [0, 0.05) is 12.1 Å². The van der Waals surface area contributed by atoms with Crippen LogP contribution in [0.5, 0.6) is 11.5 Å². The Morgan fingerprint density at radius 3 is 2.40 bits per heavy atom. The van der Waals surface area contributed by atoms with Crippen LogP contribution in [0.1, 0.15) is 33.6 Å². The lowest BCUT2D eigenvalue weighted by Crippen LogP contribution is -2.17. The molecule has 0 aliphatic heterocycles. The van der Waals surface area contributed by atoms with Gasteiger partial charge in [-0.15, -0.1) is 0 Å². The zero-order valence-corrected chi connectivity index (χ0v) is 12.5. The highest BCUT2D eigenvalue weighted by Gasteiger charge is 2.13. The van der Waals surface area contributed by atoms with Gasteiger partial charge in [0.2, 0.25) is 0 Å². The van der Waals surface area contributed by atoms with Gasteiger partial charge >= 0.3 is 6.61 Å². The Labute approximate surface area is 119 Å². The van der Waals surface area contributed by atoms with Crippen LogP contribution in [0, 0.1) is 5.92 Å². The van der Waals surface area contributed by atoms with Crippen LogP contribution < -0.4 is 14.8 Å². The zero-order valence-electron chi connectivity index (χ0n) is 12.5. The molecule has 0 aliphatic carbocycles. The summed E-state index contributed by atoms with van der Waals surface area (Å²) in [5.74, 6) is 1.35. The fourth-order valence-corrected chi connectivity index (χ4v) is 1.87. The Morgan fingerprint density at radius 2 is 1.85 bits per heavy atom. The third-order valence-corrected chi connectivity index (χ3v) is 2.98. The lowest BCUT2D eigenvalue weighted by atomic mass is 10.0. The molecule has 3 nitrogen and oxygen atoms in total. The van der Waals surface area contributed by atoms with Crippen LogP contribution in [0.25, 0.3) is 0 Å². The standard InChI is InChI=1S/C15H23F2NO2/c1-10(2)5-6-11(3)18-13-9-12(19-4)7-8-14(13)20-15(16)17/h7-11,15,18H,5-6H2,1-4H3. The topological polar surface area (TPSA) is 30.5 Å². The van der Waals surface area contributed by atoms with Gasteiger partial charge in [-0.1, -0.05) is 13.8 Å². The Balaban J connectivity index is 2.78. The van der Waals surface area contributed by atoms with E-state index in [-0.39, 0.29) is 11.8 Å². The van der Waals surface area contributed by atoms with E-state index in [9.17, 15) is 8.78 Å². The Kier molecular flexibility index (Phi) is 6.55. The molecule has 0 saturated heterocycles. The summed E-state index contributed by atoms with van der Waals surface area (Å²) in [7, 11) is 1.54. The van der Waals surface area contributed by atoms with Gasteiger partial charge in [0.05, 0.1) is 12.8 Å². The molecule has 114 valence electrons. The molecule has 0 radical (unpaired) electrons. The number of anilines is 1. The summed E-state index contributed by atoms with van der Waals surface area (Å²) >= 11 is 0. The number of ether oxygens (including phenoxy) is 2. The van der Waals surface area contributed by atoms with Crippen LogP contribution in [-0.2, 0) is 0 Å². The van der Waals surface area contributed by atoms with Crippen molar-refractivity contribution in [2.75, 3.05) is 12.4 Å². The summed E-state index contributed by atoms with van der Waals surface area (Å²) in [6, 6.07) is 4.93. The second-order valence-electron chi connectivity index (χ2n) is 5.26. The first-order valence-corrected chi connectivity index (χ1v) is 6.81. The van der Waals surface area contributed by atoms with E-state index >= 15 is 0 Å². The molecular formula is C15H23F2NO2. The second-order valence-corrected chi connectivity index (χ2v) is 5.26. The van der Waals surface area contributed by atoms with Crippen molar-refractivity contribution in [1.82, 2.24) is 0 Å². The molecule has 0 aliphatic rings. The van der Waals surface area contributed by atoms with Crippen molar-refractivity contribution in [3.05, 3.63) is 18.2 Å². The molecule has 1 rings (SSSR count). The molecule has 0 amide bonds. The van der Waals surface area contributed by atoms with Crippen molar-refractivity contribution < 1.29 is 18.3 Å². The molecule has 0 spiro atoms. The van der Waals surface area contributed by atoms with Crippen LogP contribution in [-0.4, -0.2) is 19.8 Å². The average molecular weight is 287 g/mol. The second kappa shape index (κ2) is 7.92. The molecule has 1 atom stereocenters. The smallest absolute Gasteiger partial charge is 0.387 e. The highest BCUT2D eigenvalue weighted by molar-refractivity contribution is 5.60. The zero-order chi connectivity index (χ0) is 15.1. The van der Waals surface area contributed by atoms with Crippen molar-refractivity contribution in [2.24, 2.45) is 5.92 Å².